The summed E-state index contributed by atoms with van der Waals surface area (Å²) in [6.45, 7) is 0.592. The summed E-state index contributed by atoms with van der Waals surface area (Å²) in [6.07, 6.45) is 2.15. The molecule has 98 valence electrons. The van der Waals surface area contributed by atoms with E-state index in [0.29, 0.717) is 29.8 Å². The number of halogens is 2. The van der Waals surface area contributed by atoms with Gasteiger partial charge >= 0.3 is 0 Å². The Morgan fingerprint density at radius 2 is 2.28 bits per heavy atom. The fourth-order valence-electron chi connectivity index (χ4n) is 1.88. The highest BCUT2D eigenvalue weighted by Gasteiger charge is 2.33. The summed E-state index contributed by atoms with van der Waals surface area (Å²) in [5.74, 6) is 1.16. The number of rotatable bonds is 5. The van der Waals surface area contributed by atoms with Gasteiger partial charge in [0.25, 0.3) is 5.91 Å². The molecule has 1 saturated carbocycles. The molecule has 1 aromatic carbocycles. The van der Waals surface area contributed by atoms with E-state index in [-0.39, 0.29) is 5.91 Å². The second kappa shape index (κ2) is 5.93. The SMILES string of the molecule is COc1ccc(Br)c(C(=O)N(CCCl)C2CC2)c1. The fourth-order valence-corrected chi connectivity index (χ4v) is 2.48. The molecule has 1 aromatic rings. The summed E-state index contributed by atoms with van der Waals surface area (Å²) in [7, 11) is 1.59. The average molecular weight is 333 g/mol. The first-order valence-corrected chi connectivity index (χ1v) is 7.20. The molecule has 1 amide bonds. The first-order valence-electron chi connectivity index (χ1n) is 5.88. The molecule has 3 nitrogen and oxygen atoms in total. The summed E-state index contributed by atoms with van der Waals surface area (Å²) in [5, 5.41) is 0. The largest absolute Gasteiger partial charge is 0.497 e. The van der Waals surface area contributed by atoms with E-state index in [1.165, 1.54) is 0 Å². The summed E-state index contributed by atoms with van der Waals surface area (Å²) in [4.78, 5) is 14.3. The van der Waals surface area contributed by atoms with Gasteiger partial charge in [-0.3, -0.25) is 4.79 Å². The molecule has 1 aliphatic carbocycles. The molecular weight excluding hydrogens is 318 g/mol. The van der Waals surface area contributed by atoms with Gasteiger partial charge < -0.3 is 9.64 Å². The van der Waals surface area contributed by atoms with Crippen LogP contribution in [0.25, 0.3) is 0 Å². The molecule has 0 bridgehead atoms. The van der Waals surface area contributed by atoms with Crippen molar-refractivity contribution >= 4 is 33.4 Å². The maximum absolute atomic E-state index is 12.5. The van der Waals surface area contributed by atoms with Gasteiger partial charge in [0, 0.05) is 22.9 Å². The molecule has 1 fully saturated rings. The van der Waals surface area contributed by atoms with Crippen molar-refractivity contribution < 1.29 is 9.53 Å². The van der Waals surface area contributed by atoms with E-state index in [9.17, 15) is 4.79 Å². The molecule has 0 radical (unpaired) electrons. The lowest BCUT2D eigenvalue weighted by atomic mass is 10.2. The fraction of sp³-hybridized carbons (Fsp3) is 0.462. The van der Waals surface area contributed by atoms with Crippen molar-refractivity contribution in [2.45, 2.75) is 18.9 Å². The van der Waals surface area contributed by atoms with E-state index in [1.807, 2.05) is 17.0 Å². The van der Waals surface area contributed by atoms with E-state index in [1.54, 1.807) is 13.2 Å². The predicted molar refractivity (Wildman–Crippen MR) is 75.5 cm³/mol. The third-order valence-electron chi connectivity index (χ3n) is 2.98. The summed E-state index contributed by atoms with van der Waals surface area (Å²) in [6, 6.07) is 5.77. The number of hydrogen-bond acceptors (Lipinski definition) is 2. The zero-order valence-electron chi connectivity index (χ0n) is 10.2. The summed E-state index contributed by atoms with van der Waals surface area (Å²) < 4.78 is 5.94. The predicted octanol–water partition coefficient (Wildman–Crippen LogP) is 3.30. The number of carbonyl (C=O) groups excluding carboxylic acids is 1. The van der Waals surface area contributed by atoms with E-state index in [0.717, 1.165) is 17.3 Å². The molecular formula is C13H15BrClNO2. The Hall–Kier alpha value is -0.740. The molecule has 0 aromatic heterocycles. The van der Waals surface area contributed by atoms with Crippen molar-refractivity contribution in [3.8, 4) is 5.75 Å². The second-order valence-corrected chi connectivity index (χ2v) is 5.50. The van der Waals surface area contributed by atoms with Crippen molar-refractivity contribution in [1.82, 2.24) is 4.90 Å². The number of amides is 1. The Kier molecular flexibility index (Phi) is 4.51. The van der Waals surface area contributed by atoms with Gasteiger partial charge in [0.15, 0.2) is 0 Å². The third-order valence-corrected chi connectivity index (χ3v) is 3.84. The van der Waals surface area contributed by atoms with Crippen LogP contribution < -0.4 is 4.74 Å². The normalized spacial score (nSPS) is 14.4. The van der Waals surface area contributed by atoms with Crippen LogP contribution >= 0.6 is 27.5 Å². The van der Waals surface area contributed by atoms with Gasteiger partial charge in [-0.2, -0.15) is 0 Å². The van der Waals surface area contributed by atoms with Crippen LogP contribution in [0, 0.1) is 0 Å². The Balaban J connectivity index is 2.25. The van der Waals surface area contributed by atoms with Crippen molar-refractivity contribution in [3.05, 3.63) is 28.2 Å². The van der Waals surface area contributed by atoms with Gasteiger partial charge in [0.2, 0.25) is 0 Å². The third kappa shape index (κ3) is 2.98. The van der Waals surface area contributed by atoms with E-state index < -0.39 is 0 Å². The number of hydrogen-bond donors (Lipinski definition) is 0. The van der Waals surface area contributed by atoms with Crippen molar-refractivity contribution in [3.63, 3.8) is 0 Å². The lowest BCUT2D eigenvalue weighted by molar-refractivity contribution is 0.0752. The van der Waals surface area contributed by atoms with Crippen LogP contribution in [-0.2, 0) is 0 Å². The number of ether oxygens (including phenoxy) is 1. The lowest BCUT2D eigenvalue weighted by Crippen LogP contribution is -2.35. The maximum Gasteiger partial charge on any atom is 0.255 e. The molecule has 0 aliphatic heterocycles. The highest BCUT2D eigenvalue weighted by atomic mass is 79.9. The van der Waals surface area contributed by atoms with Crippen molar-refractivity contribution in [2.75, 3.05) is 19.5 Å². The highest BCUT2D eigenvalue weighted by molar-refractivity contribution is 9.10. The van der Waals surface area contributed by atoms with Crippen LogP contribution in [-0.4, -0.2) is 36.4 Å². The van der Waals surface area contributed by atoms with E-state index in [2.05, 4.69) is 15.9 Å². The standard InChI is InChI=1S/C13H15BrClNO2/c1-18-10-4-5-12(14)11(8-10)13(17)16(7-6-15)9-2-3-9/h4-5,8-9H,2-3,6-7H2,1H3. The first kappa shape index (κ1) is 13.7. The van der Waals surface area contributed by atoms with Gasteiger partial charge in [0.05, 0.1) is 12.7 Å². The number of benzene rings is 1. The lowest BCUT2D eigenvalue weighted by Gasteiger charge is -2.22. The molecule has 0 spiro atoms. The van der Waals surface area contributed by atoms with Crippen LogP contribution in [0.15, 0.2) is 22.7 Å². The molecule has 0 heterocycles. The van der Waals surface area contributed by atoms with Gasteiger partial charge in [0.1, 0.15) is 5.75 Å². The molecule has 1 aliphatic rings. The van der Waals surface area contributed by atoms with Crippen LogP contribution in [0.5, 0.6) is 5.75 Å². The van der Waals surface area contributed by atoms with Crippen molar-refractivity contribution in [2.24, 2.45) is 0 Å². The molecule has 2 rings (SSSR count). The smallest absolute Gasteiger partial charge is 0.255 e. The molecule has 0 atom stereocenters. The second-order valence-electron chi connectivity index (χ2n) is 4.26. The minimum atomic E-state index is 0.0175. The summed E-state index contributed by atoms with van der Waals surface area (Å²) in [5.41, 5.74) is 0.631. The Labute approximate surface area is 120 Å². The first-order chi connectivity index (χ1) is 8.67. The minimum absolute atomic E-state index is 0.0175. The monoisotopic (exact) mass is 331 g/mol. The Morgan fingerprint density at radius 3 is 2.83 bits per heavy atom. The molecule has 5 heteroatoms. The van der Waals surface area contributed by atoms with Crippen LogP contribution in [0.3, 0.4) is 0 Å². The molecule has 0 saturated heterocycles. The highest BCUT2D eigenvalue weighted by Crippen LogP contribution is 2.31. The number of nitrogens with zero attached hydrogens (tertiary/aromatic N) is 1. The number of methoxy groups -OCH3 is 1. The van der Waals surface area contributed by atoms with Crippen LogP contribution in [0.4, 0.5) is 0 Å². The van der Waals surface area contributed by atoms with E-state index in [4.69, 9.17) is 16.3 Å². The zero-order valence-corrected chi connectivity index (χ0v) is 12.5. The van der Waals surface area contributed by atoms with Gasteiger partial charge in [-0.1, -0.05) is 0 Å². The van der Waals surface area contributed by atoms with Crippen molar-refractivity contribution in [1.29, 1.82) is 0 Å². The van der Waals surface area contributed by atoms with Gasteiger partial charge in [-0.25, -0.2) is 0 Å². The zero-order chi connectivity index (χ0) is 13.1. The average Bonchev–Trinajstić information content (AvgIpc) is 3.20. The quantitative estimate of drug-likeness (QED) is 0.774. The van der Waals surface area contributed by atoms with Crippen LogP contribution in [0.1, 0.15) is 23.2 Å². The maximum atomic E-state index is 12.5. The molecule has 0 N–H and O–H groups in total. The van der Waals surface area contributed by atoms with Gasteiger partial charge in [-0.05, 0) is 47.0 Å². The summed E-state index contributed by atoms with van der Waals surface area (Å²) >= 11 is 9.18. The van der Waals surface area contributed by atoms with Gasteiger partial charge in [-0.15, -0.1) is 11.6 Å². The molecule has 18 heavy (non-hydrogen) atoms. The number of alkyl halides is 1. The Bertz CT molecular complexity index is 449. The Morgan fingerprint density at radius 1 is 1.56 bits per heavy atom. The van der Waals surface area contributed by atoms with Crippen LogP contribution in [0.2, 0.25) is 0 Å². The minimum Gasteiger partial charge on any atom is -0.497 e. The topological polar surface area (TPSA) is 29.5 Å². The van der Waals surface area contributed by atoms with E-state index >= 15 is 0 Å². The number of carbonyl (C=O) groups is 1. The molecule has 0 unspecified atom stereocenters.